The standard InChI is InChI=1S/C16H17BrN2O3/c1-10-14(16(20)18-9-13-3-2-8-21-13)15(22-19-10)11-4-6-12(17)7-5-11/h4-7,13H,2-3,8-9H2,1H3,(H,18,20). The van der Waals surface area contributed by atoms with Gasteiger partial charge in [0.1, 0.15) is 5.56 Å². The van der Waals surface area contributed by atoms with Crippen LogP contribution in [0.5, 0.6) is 0 Å². The maximum atomic E-state index is 12.5. The number of halogens is 1. The fourth-order valence-corrected chi connectivity index (χ4v) is 2.80. The molecule has 22 heavy (non-hydrogen) atoms. The summed E-state index contributed by atoms with van der Waals surface area (Å²) in [6, 6.07) is 7.59. The van der Waals surface area contributed by atoms with E-state index in [9.17, 15) is 4.79 Å². The molecule has 1 aromatic carbocycles. The van der Waals surface area contributed by atoms with Gasteiger partial charge in [0.2, 0.25) is 0 Å². The molecule has 0 radical (unpaired) electrons. The average Bonchev–Trinajstić information content (AvgIpc) is 3.15. The van der Waals surface area contributed by atoms with Crippen LogP contribution in [0.3, 0.4) is 0 Å². The minimum absolute atomic E-state index is 0.111. The zero-order valence-electron chi connectivity index (χ0n) is 12.3. The van der Waals surface area contributed by atoms with Gasteiger partial charge in [0.05, 0.1) is 11.8 Å². The quantitative estimate of drug-likeness (QED) is 0.903. The Morgan fingerprint density at radius 2 is 2.18 bits per heavy atom. The van der Waals surface area contributed by atoms with E-state index in [4.69, 9.17) is 9.26 Å². The zero-order chi connectivity index (χ0) is 15.5. The van der Waals surface area contributed by atoms with Gasteiger partial charge in [-0.2, -0.15) is 0 Å². The number of benzene rings is 1. The van der Waals surface area contributed by atoms with Crippen molar-refractivity contribution in [3.63, 3.8) is 0 Å². The molecule has 1 unspecified atom stereocenters. The van der Waals surface area contributed by atoms with Crippen LogP contribution in [-0.4, -0.2) is 30.3 Å². The van der Waals surface area contributed by atoms with Crippen molar-refractivity contribution >= 4 is 21.8 Å². The Morgan fingerprint density at radius 3 is 2.86 bits per heavy atom. The number of aromatic nitrogens is 1. The predicted molar refractivity (Wildman–Crippen MR) is 85.7 cm³/mol. The molecule has 0 saturated carbocycles. The monoisotopic (exact) mass is 364 g/mol. The fraction of sp³-hybridized carbons (Fsp3) is 0.375. The van der Waals surface area contributed by atoms with Crippen LogP contribution >= 0.6 is 15.9 Å². The number of hydrogen-bond donors (Lipinski definition) is 1. The van der Waals surface area contributed by atoms with E-state index in [1.807, 2.05) is 24.3 Å². The first-order valence-electron chi connectivity index (χ1n) is 7.27. The molecule has 1 aliphatic heterocycles. The van der Waals surface area contributed by atoms with Gasteiger partial charge in [-0.05, 0) is 44.0 Å². The summed E-state index contributed by atoms with van der Waals surface area (Å²) in [4.78, 5) is 12.5. The van der Waals surface area contributed by atoms with Crippen molar-refractivity contribution in [2.75, 3.05) is 13.2 Å². The number of aryl methyl sites for hydroxylation is 1. The molecule has 1 aliphatic rings. The number of rotatable bonds is 4. The highest BCUT2D eigenvalue weighted by Crippen LogP contribution is 2.27. The minimum Gasteiger partial charge on any atom is -0.376 e. The second-order valence-electron chi connectivity index (χ2n) is 5.32. The Morgan fingerprint density at radius 1 is 1.41 bits per heavy atom. The van der Waals surface area contributed by atoms with Crippen LogP contribution in [0.1, 0.15) is 28.9 Å². The van der Waals surface area contributed by atoms with Gasteiger partial charge in [-0.25, -0.2) is 0 Å². The van der Waals surface area contributed by atoms with Crippen molar-refractivity contribution in [1.82, 2.24) is 10.5 Å². The van der Waals surface area contributed by atoms with Gasteiger partial charge in [0.15, 0.2) is 5.76 Å². The highest BCUT2D eigenvalue weighted by Gasteiger charge is 2.23. The molecule has 5 nitrogen and oxygen atoms in total. The lowest BCUT2D eigenvalue weighted by molar-refractivity contribution is 0.0857. The molecule has 1 fully saturated rings. The van der Waals surface area contributed by atoms with Crippen molar-refractivity contribution in [2.24, 2.45) is 0 Å². The van der Waals surface area contributed by atoms with E-state index in [0.29, 0.717) is 23.6 Å². The highest BCUT2D eigenvalue weighted by atomic mass is 79.9. The molecule has 1 saturated heterocycles. The Bertz CT molecular complexity index is 661. The molecule has 2 aromatic rings. The van der Waals surface area contributed by atoms with Crippen molar-refractivity contribution in [1.29, 1.82) is 0 Å². The second-order valence-corrected chi connectivity index (χ2v) is 6.24. The lowest BCUT2D eigenvalue weighted by Crippen LogP contribution is -2.32. The van der Waals surface area contributed by atoms with Crippen LogP contribution < -0.4 is 5.32 Å². The molecule has 3 rings (SSSR count). The molecule has 1 aromatic heterocycles. The molecular formula is C16H17BrN2O3. The molecule has 2 heterocycles. The van der Waals surface area contributed by atoms with Gasteiger partial charge in [-0.1, -0.05) is 21.1 Å². The van der Waals surface area contributed by atoms with Gasteiger partial charge in [-0.15, -0.1) is 0 Å². The lowest BCUT2D eigenvalue weighted by Gasteiger charge is -2.10. The smallest absolute Gasteiger partial charge is 0.257 e. The van der Waals surface area contributed by atoms with E-state index < -0.39 is 0 Å². The first kappa shape index (κ1) is 15.2. The third-order valence-electron chi connectivity index (χ3n) is 3.71. The molecule has 116 valence electrons. The Kier molecular flexibility index (Phi) is 4.59. The summed E-state index contributed by atoms with van der Waals surface area (Å²) >= 11 is 3.39. The molecule has 1 N–H and O–H groups in total. The Labute approximate surface area is 137 Å². The number of nitrogens with one attached hydrogen (secondary N) is 1. The molecule has 6 heteroatoms. The first-order valence-corrected chi connectivity index (χ1v) is 8.06. The maximum absolute atomic E-state index is 12.5. The second kappa shape index (κ2) is 6.62. The van der Waals surface area contributed by atoms with Crippen LogP contribution in [0.15, 0.2) is 33.3 Å². The van der Waals surface area contributed by atoms with E-state index in [1.165, 1.54) is 0 Å². The van der Waals surface area contributed by atoms with E-state index in [2.05, 4.69) is 26.4 Å². The normalized spacial score (nSPS) is 17.6. The van der Waals surface area contributed by atoms with Gasteiger partial charge >= 0.3 is 0 Å². The zero-order valence-corrected chi connectivity index (χ0v) is 13.9. The predicted octanol–water partition coefficient (Wildman–Crippen LogP) is 3.32. The Balaban J connectivity index is 1.79. The van der Waals surface area contributed by atoms with Crippen LogP contribution in [0.2, 0.25) is 0 Å². The van der Waals surface area contributed by atoms with Crippen molar-refractivity contribution in [3.8, 4) is 11.3 Å². The van der Waals surface area contributed by atoms with Crippen LogP contribution in [0, 0.1) is 6.92 Å². The van der Waals surface area contributed by atoms with Crippen molar-refractivity contribution in [3.05, 3.63) is 40.0 Å². The molecule has 0 aliphatic carbocycles. The van der Waals surface area contributed by atoms with E-state index in [-0.39, 0.29) is 12.0 Å². The van der Waals surface area contributed by atoms with Crippen molar-refractivity contribution < 1.29 is 14.1 Å². The number of ether oxygens (including phenoxy) is 1. The molecular weight excluding hydrogens is 348 g/mol. The van der Waals surface area contributed by atoms with Gasteiger partial charge in [0, 0.05) is 23.2 Å². The summed E-state index contributed by atoms with van der Waals surface area (Å²) in [5, 5.41) is 6.85. The van der Waals surface area contributed by atoms with E-state index in [1.54, 1.807) is 6.92 Å². The number of hydrogen-bond acceptors (Lipinski definition) is 4. The maximum Gasteiger partial charge on any atom is 0.257 e. The fourth-order valence-electron chi connectivity index (χ4n) is 2.54. The summed E-state index contributed by atoms with van der Waals surface area (Å²) < 4.78 is 11.8. The molecule has 1 atom stereocenters. The average molecular weight is 365 g/mol. The summed E-state index contributed by atoms with van der Waals surface area (Å²) in [6.45, 7) is 3.06. The summed E-state index contributed by atoms with van der Waals surface area (Å²) in [6.07, 6.45) is 2.15. The van der Waals surface area contributed by atoms with Crippen LogP contribution in [-0.2, 0) is 4.74 Å². The van der Waals surface area contributed by atoms with Crippen molar-refractivity contribution in [2.45, 2.75) is 25.9 Å². The largest absolute Gasteiger partial charge is 0.376 e. The minimum atomic E-state index is -0.174. The van der Waals surface area contributed by atoms with Crippen LogP contribution in [0.4, 0.5) is 0 Å². The Hall–Kier alpha value is -1.66. The summed E-state index contributed by atoms with van der Waals surface area (Å²) in [5.41, 5.74) is 1.90. The number of carbonyl (C=O) groups is 1. The molecule has 0 spiro atoms. The topological polar surface area (TPSA) is 64.4 Å². The van der Waals surface area contributed by atoms with Gasteiger partial charge < -0.3 is 14.6 Å². The first-order chi connectivity index (χ1) is 10.6. The number of carbonyl (C=O) groups excluding carboxylic acids is 1. The van der Waals surface area contributed by atoms with E-state index in [0.717, 1.165) is 29.5 Å². The van der Waals surface area contributed by atoms with Gasteiger partial charge in [0.25, 0.3) is 5.91 Å². The highest BCUT2D eigenvalue weighted by molar-refractivity contribution is 9.10. The lowest BCUT2D eigenvalue weighted by atomic mass is 10.1. The summed E-state index contributed by atoms with van der Waals surface area (Å²) in [5.74, 6) is 0.321. The number of nitrogens with zero attached hydrogens (tertiary/aromatic N) is 1. The molecule has 0 bridgehead atoms. The third-order valence-corrected chi connectivity index (χ3v) is 4.24. The summed E-state index contributed by atoms with van der Waals surface area (Å²) in [7, 11) is 0. The van der Waals surface area contributed by atoms with E-state index >= 15 is 0 Å². The molecule has 1 amide bonds. The third kappa shape index (κ3) is 3.23. The SMILES string of the molecule is Cc1noc(-c2ccc(Br)cc2)c1C(=O)NCC1CCCO1. The number of amides is 1. The van der Waals surface area contributed by atoms with Gasteiger partial charge in [-0.3, -0.25) is 4.79 Å². The van der Waals surface area contributed by atoms with Crippen LogP contribution in [0.25, 0.3) is 11.3 Å².